The van der Waals surface area contributed by atoms with Crippen LogP contribution in [-0.4, -0.2) is 16.1 Å². The van der Waals surface area contributed by atoms with E-state index in [1.54, 1.807) is 24.3 Å². The summed E-state index contributed by atoms with van der Waals surface area (Å²) >= 11 is 0. The molecule has 2 aromatic carbocycles. The number of rotatable bonds is 3. The van der Waals surface area contributed by atoms with Gasteiger partial charge in [0, 0.05) is 11.5 Å². The lowest BCUT2D eigenvalue weighted by atomic mass is 10.1. The van der Waals surface area contributed by atoms with Crippen LogP contribution in [0.15, 0.2) is 36.4 Å². The van der Waals surface area contributed by atoms with E-state index in [0.29, 0.717) is 16.6 Å². The Morgan fingerprint density at radius 2 is 1.86 bits per heavy atom. The molecule has 0 aliphatic rings. The first-order valence-electron chi connectivity index (χ1n) is 6.45. The van der Waals surface area contributed by atoms with E-state index in [9.17, 15) is 13.6 Å². The lowest BCUT2D eigenvalue weighted by Gasteiger charge is -1.99. The molecule has 0 spiro atoms. The number of H-pyrrole nitrogens is 1. The Hall–Kier alpha value is -3.02. The summed E-state index contributed by atoms with van der Waals surface area (Å²) in [5, 5.41) is 7.33. The number of aromatic amines is 1. The molecule has 1 aromatic heterocycles. The van der Waals surface area contributed by atoms with Crippen molar-refractivity contribution in [2.75, 3.05) is 0 Å². The number of nitrogens with zero attached hydrogens (tertiary/aromatic N) is 1. The zero-order valence-electron chi connectivity index (χ0n) is 11.3. The van der Waals surface area contributed by atoms with Crippen LogP contribution in [0.25, 0.3) is 23.1 Å². The Labute approximate surface area is 124 Å². The molecule has 1 heterocycles. The zero-order valence-corrected chi connectivity index (χ0v) is 11.3. The quantitative estimate of drug-likeness (QED) is 0.780. The monoisotopic (exact) mass is 299 g/mol. The minimum Gasteiger partial charge on any atom is -0.366 e. The molecule has 22 heavy (non-hydrogen) atoms. The van der Waals surface area contributed by atoms with Crippen molar-refractivity contribution in [2.24, 2.45) is 5.73 Å². The number of carbonyl (C=O) groups is 1. The number of nitrogens with one attached hydrogen (secondary N) is 1. The average molecular weight is 299 g/mol. The second-order valence-electron chi connectivity index (χ2n) is 4.74. The Balaban J connectivity index is 2.02. The maximum atomic E-state index is 13.7. The SMILES string of the molecule is NC(=O)c1cc2c(/C=C/c3ccc(F)cc3)n[nH]c2cc1F. The zero-order chi connectivity index (χ0) is 15.7. The number of benzene rings is 2. The summed E-state index contributed by atoms with van der Waals surface area (Å²) in [4.78, 5) is 11.2. The van der Waals surface area contributed by atoms with E-state index in [1.807, 2.05) is 0 Å². The van der Waals surface area contributed by atoms with E-state index in [4.69, 9.17) is 5.73 Å². The number of hydrogen-bond acceptors (Lipinski definition) is 2. The first-order chi connectivity index (χ1) is 10.5. The maximum Gasteiger partial charge on any atom is 0.251 e. The van der Waals surface area contributed by atoms with Crippen LogP contribution >= 0.6 is 0 Å². The molecule has 1 amide bonds. The molecule has 0 radical (unpaired) electrons. The molecule has 0 aliphatic heterocycles. The van der Waals surface area contributed by atoms with Gasteiger partial charge in [0.1, 0.15) is 11.6 Å². The van der Waals surface area contributed by atoms with Gasteiger partial charge < -0.3 is 5.73 Å². The molecule has 110 valence electrons. The van der Waals surface area contributed by atoms with Gasteiger partial charge in [0.15, 0.2) is 0 Å². The van der Waals surface area contributed by atoms with Crippen molar-refractivity contribution < 1.29 is 13.6 Å². The van der Waals surface area contributed by atoms with Crippen LogP contribution in [-0.2, 0) is 0 Å². The predicted molar refractivity (Wildman–Crippen MR) is 79.9 cm³/mol. The normalized spacial score (nSPS) is 11.4. The van der Waals surface area contributed by atoms with Crippen LogP contribution in [0.4, 0.5) is 8.78 Å². The molecule has 0 saturated heterocycles. The molecule has 3 aromatic rings. The summed E-state index contributed by atoms with van der Waals surface area (Å²) in [5.74, 6) is -1.85. The number of carbonyl (C=O) groups excluding carboxylic acids is 1. The van der Waals surface area contributed by atoms with Gasteiger partial charge in [-0.25, -0.2) is 8.78 Å². The van der Waals surface area contributed by atoms with Gasteiger partial charge in [0.2, 0.25) is 0 Å². The molecule has 6 heteroatoms. The number of aromatic nitrogens is 2. The molecular weight excluding hydrogens is 288 g/mol. The van der Waals surface area contributed by atoms with Crippen LogP contribution in [0.1, 0.15) is 21.6 Å². The van der Waals surface area contributed by atoms with Gasteiger partial charge in [0.05, 0.1) is 16.8 Å². The van der Waals surface area contributed by atoms with Gasteiger partial charge in [-0.3, -0.25) is 9.89 Å². The van der Waals surface area contributed by atoms with E-state index < -0.39 is 11.7 Å². The van der Waals surface area contributed by atoms with Crippen molar-refractivity contribution in [3.05, 3.63) is 64.9 Å². The van der Waals surface area contributed by atoms with Crippen LogP contribution < -0.4 is 5.73 Å². The van der Waals surface area contributed by atoms with Gasteiger partial charge in [0.25, 0.3) is 5.91 Å². The second kappa shape index (κ2) is 5.40. The molecule has 3 rings (SSSR count). The Morgan fingerprint density at radius 3 is 2.55 bits per heavy atom. The third kappa shape index (κ3) is 2.58. The molecule has 0 aliphatic carbocycles. The highest BCUT2D eigenvalue weighted by atomic mass is 19.1. The summed E-state index contributed by atoms with van der Waals surface area (Å²) in [7, 11) is 0. The van der Waals surface area contributed by atoms with Crippen molar-refractivity contribution in [2.45, 2.75) is 0 Å². The fourth-order valence-corrected chi connectivity index (χ4v) is 2.12. The molecule has 3 N–H and O–H groups in total. The maximum absolute atomic E-state index is 13.7. The fourth-order valence-electron chi connectivity index (χ4n) is 2.12. The van der Waals surface area contributed by atoms with Gasteiger partial charge >= 0.3 is 0 Å². The molecule has 0 fully saturated rings. The number of nitrogens with two attached hydrogens (primary N) is 1. The van der Waals surface area contributed by atoms with Crippen molar-refractivity contribution in [3.8, 4) is 0 Å². The van der Waals surface area contributed by atoms with Gasteiger partial charge in [-0.05, 0) is 29.8 Å². The highest BCUT2D eigenvalue weighted by Gasteiger charge is 2.13. The molecule has 4 nitrogen and oxygen atoms in total. The largest absolute Gasteiger partial charge is 0.366 e. The van der Waals surface area contributed by atoms with E-state index in [2.05, 4.69) is 10.2 Å². The standard InChI is InChI=1S/C16H11F2N3O/c17-10-4-1-9(2-5-10)3-6-14-12-7-11(16(19)22)13(18)8-15(12)21-20-14/h1-8H,(H2,19,22)(H,20,21)/b6-3+. The molecule has 0 bridgehead atoms. The minimum atomic E-state index is -0.839. The molecular formula is C16H11F2N3O. The van der Waals surface area contributed by atoms with Gasteiger partial charge in [-0.15, -0.1) is 0 Å². The smallest absolute Gasteiger partial charge is 0.251 e. The number of amides is 1. The van der Waals surface area contributed by atoms with Crippen LogP contribution in [0.5, 0.6) is 0 Å². The summed E-state index contributed by atoms with van der Waals surface area (Å²) < 4.78 is 26.5. The fraction of sp³-hybridized carbons (Fsp3) is 0. The highest BCUT2D eigenvalue weighted by Crippen LogP contribution is 2.22. The Kier molecular flexibility index (Phi) is 3.42. The highest BCUT2D eigenvalue weighted by molar-refractivity contribution is 5.99. The van der Waals surface area contributed by atoms with Crippen LogP contribution in [0, 0.1) is 11.6 Å². The summed E-state index contributed by atoms with van der Waals surface area (Å²) in [6.07, 6.45) is 3.43. The van der Waals surface area contributed by atoms with Crippen LogP contribution in [0.3, 0.4) is 0 Å². The van der Waals surface area contributed by atoms with E-state index in [1.165, 1.54) is 24.3 Å². The lowest BCUT2D eigenvalue weighted by molar-refractivity contribution is 0.0996. The Bertz CT molecular complexity index is 882. The van der Waals surface area contributed by atoms with Crippen molar-refractivity contribution in [1.82, 2.24) is 10.2 Å². The first-order valence-corrected chi connectivity index (χ1v) is 6.45. The number of hydrogen-bond donors (Lipinski definition) is 2. The van der Waals surface area contributed by atoms with Gasteiger partial charge in [-0.2, -0.15) is 5.10 Å². The molecule has 0 atom stereocenters. The molecule has 0 saturated carbocycles. The third-order valence-electron chi connectivity index (χ3n) is 3.25. The second-order valence-corrected chi connectivity index (χ2v) is 4.74. The third-order valence-corrected chi connectivity index (χ3v) is 3.25. The van der Waals surface area contributed by atoms with E-state index in [0.717, 1.165) is 5.56 Å². The van der Waals surface area contributed by atoms with Crippen LogP contribution in [0.2, 0.25) is 0 Å². The van der Waals surface area contributed by atoms with E-state index in [-0.39, 0.29) is 11.4 Å². The summed E-state index contributed by atoms with van der Waals surface area (Å²) in [5.41, 5.74) is 6.73. The van der Waals surface area contributed by atoms with Gasteiger partial charge in [-0.1, -0.05) is 18.2 Å². The number of halogens is 2. The Morgan fingerprint density at radius 1 is 1.14 bits per heavy atom. The number of primary amides is 1. The van der Waals surface area contributed by atoms with E-state index >= 15 is 0 Å². The van der Waals surface area contributed by atoms with Crippen molar-refractivity contribution >= 4 is 29.0 Å². The average Bonchev–Trinajstić information content (AvgIpc) is 2.87. The number of fused-ring (bicyclic) bond motifs is 1. The molecule has 0 unspecified atom stereocenters. The summed E-state index contributed by atoms with van der Waals surface area (Å²) in [6.45, 7) is 0. The predicted octanol–water partition coefficient (Wildman–Crippen LogP) is 3.11. The van der Waals surface area contributed by atoms with Crippen molar-refractivity contribution in [3.63, 3.8) is 0 Å². The topological polar surface area (TPSA) is 71.8 Å². The first kappa shape index (κ1) is 13.9. The minimum absolute atomic E-state index is 0.190. The summed E-state index contributed by atoms with van der Waals surface area (Å²) in [6, 6.07) is 8.48. The lowest BCUT2D eigenvalue weighted by Crippen LogP contribution is -2.12. The van der Waals surface area contributed by atoms with Crippen molar-refractivity contribution in [1.29, 1.82) is 0 Å².